The van der Waals surface area contributed by atoms with Crippen molar-refractivity contribution in [3.8, 4) is 17.1 Å². The summed E-state index contributed by atoms with van der Waals surface area (Å²) in [5, 5.41) is 14.7. The van der Waals surface area contributed by atoms with E-state index in [0.29, 0.717) is 5.78 Å². The van der Waals surface area contributed by atoms with E-state index in [1.165, 1.54) is 42.9 Å². The van der Waals surface area contributed by atoms with E-state index in [2.05, 4.69) is 22.0 Å². The van der Waals surface area contributed by atoms with Crippen LogP contribution in [0.25, 0.3) is 17.0 Å². The van der Waals surface area contributed by atoms with Gasteiger partial charge in [-0.05, 0) is 12.8 Å². The van der Waals surface area contributed by atoms with Crippen molar-refractivity contribution in [2.45, 2.75) is 51.9 Å². The molecule has 24 heavy (non-hydrogen) atoms. The number of nitrogens with zero attached hydrogens (tertiary/aromatic N) is 4. The molecule has 0 aliphatic carbocycles. The van der Waals surface area contributed by atoms with E-state index < -0.39 is 0 Å². The van der Waals surface area contributed by atoms with Crippen LogP contribution in [0.15, 0.2) is 36.7 Å². The van der Waals surface area contributed by atoms with Gasteiger partial charge in [0.15, 0.2) is 0 Å². The summed E-state index contributed by atoms with van der Waals surface area (Å²) in [5.74, 6) is 0.586. The topological polar surface area (TPSA) is 63.3 Å². The lowest BCUT2D eigenvalue weighted by Gasteiger charge is -2.12. The number of benzene rings is 1. The average molecular weight is 324 g/mol. The lowest BCUT2D eigenvalue weighted by atomic mass is 10.0. The van der Waals surface area contributed by atoms with Crippen LogP contribution < -0.4 is 0 Å². The third-order valence-electron chi connectivity index (χ3n) is 4.33. The van der Waals surface area contributed by atoms with Crippen molar-refractivity contribution in [2.24, 2.45) is 0 Å². The molecular weight excluding hydrogens is 300 g/mol. The van der Waals surface area contributed by atoms with Crippen LogP contribution in [-0.2, 0) is 6.42 Å². The molecule has 0 atom stereocenters. The van der Waals surface area contributed by atoms with Gasteiger partial charge >= 0.3 is 0 Å². The van der Waals surface area contributed by atoms with Crippen LogP contribution in [0.2, 0.25) is 0 Å². The number of unbranched alkanes of at least 4 members (excludes halogenated alkanes) is 5. The van der Waals surface area contributed by atoms with E-state index >= 15 is 0 Å². The van der Waals surface area contributed by atoms with E-state index in [1.807, 2.05) is 30.3 Å². The van der Waals surface area contributed by atoms with E-state index in [-0.39, 0.29) is 5.88 Å². The molecule has 0 aliphatic rings. The Morgan fingerprint density at radius 3 is 2.54 bits per heavy atom. The second-order valence-electron chi connectivity index (χ2n) is 6.12. The maximum absolute atomic E-state index is 10.6. The third kappa shape index (κ3) is 3.55. The SMILES string of the molecule is CCCCCCCCc1c(-c2ccccc2)nc2ncnn2c1O. The molecule has 1 N–H and O–H groups in total. The Hall–Kier alpha value is -2.43. The van der Waals surface area contributed by atoms with Crippen molar-refractivity contribution < 1.29 is 5.11 Å². The van der Waals surface area contributed by atoms with Crippen molar-refractivity contribution in [1.29, 1.82) is 0 Å². The van der Waals surface area contributed by atoms with Crippen LogP contribution in [0.1, 0.15) is 51.0 Å². The van der Waals surface area contributed by atoms with Crippen LogP contribution >= 0.6 is 0 Å². The Morgan fingerprint density at radius 1 is 1.00 bits per heavy atom. The number of aromatic nitrogens is 4. The highest BCUT2D eigenvalue weighted by atomic mass is 16.3. The first-order valence-electron chi connectivity index (χ1n) is 8.78. The lowest BCUT2D eigenvalue weighted by Crippen LogP contribution is -2.02. The van der Waals surface area contributed by atoms with E-state index in [9.17, 15) is 5.11 Å². The summed E-state index contributed by atoms with van der Waals surface area (Å²) in [6.45, 7) is 2.23. The fourth-order valence-electron chi connectivity index (χ4n) is 3.01. The quantitative estimate of drug-likeness (QED) is 0.624. The largest absolute Gasteiger partial charge is 0.493 e. The summed E-state index contributed by atoms with van der Waals surface area (Å²) in [4.78, 5) is 8.74. The second kappa shape index (κ2) is 7.90. The number of aromatic hydroxyl groups is 1. The molecule has 0 unspecified atom stereocenters. The Balaban J connectivity index is 1.85. The molecule has 0 bridgehead atoms. The van der Waals surface area contributed by atoms with Gasteiger partial charge in [0.2, 0.25) is 5.88 Å². The van der Waals surface area contributed by atoms with Crippen molar-refractivity contribution in [1.82, 2.24) is 19.6 Å². The Labute approximate surface area is 142 Å². The molecule has 5 heteroatoms. The predicted molar refractivity (Wildman–Crippen MR) is 95.0 cm³/mol. The zero-order valence-electron chi connectivity index (χ0n) is 14.1. The van der Waals surface area contributed by atoms with E-state index in [1.54, 1.807) is 0 Å². The summed E-state index contributed by atoms with van der Waals surface area (Å²) < 4.78 is 1.42. The van der Waals surface area contributed by atoms with Gasteiger partial charge in [-0.15, -0.1) is 0 Å². The summed E-state index contributed by atoms with van der Waals surface area (Å²) in [6, 6.07) is 9.97. The molecule has 3 rings (SSSR count). The van der Waals surface area contributed by atoms with E-state index in [0.717, 1.165) is 29.7 Å². The summed E-state index contributed by atoms with van der Waals surface area (Å²) >= 11 is 0. The fourth-order valence-corrected chi connectivity index (χ4v) is 3.01. The Bertz CT molecular complexity index is 783. The minimum atomic E-state index is 0.157. The van der Waals surface area contributed by atoms with Gasteiger partial charge in [0, 0.05) is 11.1 Å². The van der Waals surface area contributed by atoms with Gasteiger partial charge in [-0.2, -0.15) is 14.6 Å². The summed E-state index contributed by atoms with van der Waals surface area (Å²) in [6.07, 6.45) is 9.51. The van der Waals surface area contributed by atoms with Crippen molar-refractivity contribution in [2.75, 3.05) is 0 Å². The number of rotatable bonds is 8. The first kappa shape index (κ1) is 16.4. The first-order chi connectivity index (χ1) is 11.8. The summed E-state index contributed by atoms with van der Waals surface area (Å²) in [5.41, 5.74) is 2.66. The minimum Gasteiger partial charge on any atom is -0.493 e. The zero-order valence-corrected chi connectivity index (χ0v) is 14.1. The number of hydrogen-bond acceptors (Lipinski definition) is 4. The molecule has 0 fully saturated rings. The number of fused-ring (bicyclic) bond motifs is 1. The molecule has 0 spiro atoms. The van der Waals surface area contributed by atoms with Gasteiger partial charge in [0.25, 0.3) is 5.78 Å². The molecule has 5 nitrogen and oxygen atoms in total. The van der Waals surface area contributed by atoms with E-state index in [4.69, 9.17) is 0 Å². The highest BCUT2D eigenvalue weighted by Gasteiger charge is 2.17. The molecule has 0 radical (unpaired) electrons. The molecule has 0 saturated carbocycles. The molecule has 0 amide bonds. The van der Waals surface area contributed by atoms with Crippen LogP contribution in [-0.4, -0.2) is 24.7 Å². The number of hydrogen-bond donors (Lipinski definition) is 1. The smallest absolute Gasteiger partial charge is 0.255 e. The molecular formula is C19H24N4O. The Kier molecular flexibility index (Phi) is 5.41. The monoisotopic (exact) mass is 324 g/mol. The van der Waals surface area contributed by atoms with Crippen molar-refractivity contribution in [3.63, 3.8) is 0 Å². The predicted octanol–water partition coefficient (Wildman–Crippen LogP) is 4.40. The first-order valence-corrected chi connectivity index (χ1v) is 8.78. The zero-order chi connectivity index (χ0) is 16.8. The van der Waals surface area contributed by atoms with Gasteiger partial charge < -0.3 is 5.11 Å². The van der Waals surface area contributed by atoms with Crippen LogP contribution in [0, 0.1) is 0 Å². The third-order valence-corrected chi connectivity index (χ3v) is 4.33. The van der Waals surface area contributed by atoms with Gasteiger partial charge in [0.05, 0.1) is 5.69 Å². The molecule has 0 aliphatic heterocycles. The molecule has 1 aromatic carbocycles. The highest BCUT2D eigenvalue weighted by molar-refractivity contribution is 5.67. The van der Waals surface area contributed by atoms with Crippen LogP contribution in [0.5, 0.6) is 5.88 Å². The van der Waals surface area contributed by atoms with Crippen molar-refractivity contribution in [3.05, 3.63) is 42.2 Å². The van der Waals surface area contributed by atoms with Gasteiger partial charge in [0.1, 0.15) is 6.33 Å². The maximum Gasteiger partial charge on any atom is 0.255 e. The standard InChI is InChI=1S/C19H24N4O/c1-2-3-4-5-6-10-13-16-17(15-11-8-7-9-12-15)22-19-20-14-21-23(19)18(16)24/h7-9,11-12,14,24H,2-6,10,13H2,1H3. The van der Waals surface area contributed by atoms with Gasteiger partial charge in [-0.25, -0.2) is 4.98 Å². The van der Waals surface area contributed by atoms with Gasteiger partial charge in [-0.3, -0.25) is 0 Å². The minimum absolute atomic E-state index is 0.157. The fraction of sp³-hybridized carbons (Fsp3) is 0.421. The molecule has 3 aromatic rings. The maximum atomic E-state index is 10.6. The molecule has 2 aromatic heterocycles. The average Bonchev–Trinajstić information content (AvgIpc) is 3.09. The van der Waals surface area contributed by atoms with Gasteiger partial charge in [-0.1, -0.05) is 69.4 Å². The molecule has 2 heterocycles. The Morgan fingerprint density at radius 2 is 1.75 bits per heavy atom. The second-order valence-corrected chi connectivity index (χ2v) is 6.12. The summed E-state index contributed by atoms with van der Waals surface area (Å²) in [7, 11) is 0. The normalized spacial score (nSPS) is 11.2. The van der Waals surface area contributed by atoms with Crippen molar-refractivity contribution >= 4 is 5.78 Å². The highest BCUT2D eigenvalue weighted by Crippen LogP contribution is 2.30. The lowest BCUT2D eigenvalue weighted by molar-refractivity contribution is 0.426. The molecule has 126 valence electrons. The molecule has 0 saturated heterocycles. The van der Waals surface area contributed by atoms with Crippen LogP contribution in [0.4, 0.5) is 0 Å². The van der Waals surface area contributed by atoms with Crippen LogP contribution in [0.3, 0.4) is 0 Å².